The van der Waals surface area contributed by atoms with Crippen LogP contribution in [0.1, 0.15) is 35.6 Å². The van der Waals surface area contributed by atoms with Crippen LogP contribution >= 0.6 is 0 Å². The highest BCUT2D eigenvalue weighted by atomic mass is 16.5. The topological polar surface area (TPSA) is 185 Å². The summed E-state index contributed by atoms with van der Waals surface area (Å²) < 4.78 is 5.84. The summed E-state index contributed by atoms with van der Waals surface area (Å²) in [7, 11) is -1.54. The number of ether oxygens (including phenoxy) is 1. The van der Waals surface area contributed by atoms with E-state index in [-0.39, 0.29) is 42.3 Å². The fourth-order valence-electron chi connectivity index (χ4n) is 3.44. The van der Waals surface area contributed by atoms with Gasteiger partial charge in [-0.15, -0.1) is 0 Å². The number of aromatic nitrogens is 2. The number of aromatic amines is 1. The molecule has 1 aromatic heterocycles. The first-order valence-corrected chi connectivity index (χ1v) is 9.54. The zero-order valence-corrected chi connectivity index (χ0v) is 16.2. The number of carbonyl (C=O) groups is 1. The minimum Gasteiger partial charge on any atom is -0.507 e. The minimum absolute atomic E-state index is 0.0231. The van der Waals surface area contributed by atoms with Gasteiger partial charge in [0, 0.05) is 19.2 Å². The maximum atomic E-state index is 12.6. The Morgan fingerprint density at radius 3 is 2.80 bits per heavy atom. The van der Waals surface area contributed by atoms with Crippen molar-refractivity contribution >= 4 is 13.0 Å². The number of H-pyrrole nitrogens is 1. The predicted molar refractivity (Wildman–Crippen MR) is 105 cm³/mol. The van der Waals surface area contributed by atoms with Gasteiger partial charge in [0.25, 0.3) is 0 Å². The van der Waals surface area contributed by atoms with Gasteiger partial charge in [0.15, 0.2) is 6.29 Å². The van der Waals surface area contributed by atoms with Crippen molar-refractivity contribution in [2.24, 2.45) is 5.73 Å². The highest BCUT2D eigenvalue weighted by Crippen LogP contribution is 2.37. The van der Waals surface area contributed by atoms with Crippen LogP contribution in [0.15, 0.2) is 24.7 Å². The number of phenols is 1. The number of aliphatic hydroxyl groups is 2. The van der Waals surface area contributed by atoms with Gasteiger partial charge in [-0.3, -0.25) is 4.79 Å². The number of benzene rings is 1. The molecule has 1 aliphatic rings. The molecule has 12 heteroatoms. The number of rotatable bonds is 8. The van der Waals surface area contributed by atoms with Crippen LogP contribution in [0.2, 0.25) is 6.32 Å². The summed E-state index contributed by atoms with van der Waals surface area (Å²) in [6.07, 6.45) is 1.18. The van der Waals surface area contributed by atoms with Crippen LogP contribution in [-0.4, -0.2) is 72.5 Å². The molecule has 0 saturated carbocycles. The number of nitrogens with two attached hydrogens (primary N) is 1. The van der Waals surface area contributed by atoms with E-state index in [1.54, 1.807) is 11.1 Å². The van der Waals surface area contributed by atoms with Crippen LogP contribution in [0, 0.1) is 0 Å². The molecular weight excluding hydrogens is 395 g/mol. The van der Waals surface area contributed by atoms with Gasteiger partial charge in [0.1, 0.15) is 23.6 Å². The maximum absolute atomic E-state index is 12.6. The Morgan fingerprint density at radius 1 is 1.40 bits per heavy atom. The lowest BCUT2D eigenvalue weighted by Gasteiger charge is -2.22. The molecule has 1 unspecified atom stereocenters. The monoisotopic (exact) mass is 420 g/mol. The fraction of sp³-hybridized carbons (Fsp3) is 0.444. The highest BCUT2D eigenvalue weighted by Gasteiger charge is 2.33. The van der Waals surface area contributed by atoms with Crippen molar-refractivity contribution in [1.29, 1.82) is 0 Å². The number of hydrogen-bond donors (Lipinski definition) is 7. The van der Waals surface area contributed by atoms with Crippen LogP contribution in [0.3, 0.4) is 0 Å². The van der Waals surface area contributed by atoms with Gasteiger partial charge in [-0.1, -0.05) is 6.07 Å². The number of amides is 1. The second kappa shape index (κ2) is 9.45. The lowest BCUT2D eigenvalue weighted by atomic mass is 9.82. The molecule has 3 rings (SSSR count). The average Bonchev–Trinajstić information content (AvgIpc) is 3.38. The Morgan fingerprint density at radius 2 is 2.17 bits per heavy atom. The molecule has 1 saturated heterocycles. The van der Waals surface area contributed by atoms with Crippen LogP contribution < -0.4 is 10.5 Å². The fourth-order valence-corrected chi connectivity index (χ4v) is 3.44. The second-order valence-corrected chi connectivity index (χ2v) is 7.16. The lowest BCUT2D eigenvalue weighted by molar-refractivity contribution is -0.132. The van der Waals surface area contributed by atoms with Crippen LogP contribution in [0.25, 0.3) is 0 Å². The number of hydrogen-bond acceptors (Lipinski definition) is 9. The molecule has 0 radical (unpaired) electrons. The molecule has 1 aliphatic heterocycles. The van der Waals surface area contributed by atoms with Crippen molar-refractivity contribution in [3.63, 3.8) is 0 Å². The summed E-state index contributed by atoms with van der Waals surface area (Å²) in [5.74, 6) is -0.599. The standard InChI is InChI=1S/C18H25BN4O7/c20-15(12-7-21-9-22-12)17(25)23-6-4-11(8-23)30-13-2-1-10(3-5-19(28)29)16(24)14(13)18(26)27/h1-2,7,9,11,15,18,24,26-29H,3-6,8,20H2,(H,21,22)/t11-,15?/m1/s1. The second-order valence-electron chi connectivity index (χ2n) is 7.16. The van der Waals surface area contributed by atoms with Gasteiger partial charge in [-0.05, 0) is 24.4 Å². The summed E-state index contributed by atoms with van der Waals surface area (Å²) in [6, 6.07) is 2.10. The summed E-state index contributed by atoms with van der Waals surface area (Å²) in [6.45, 7) is 0.661. The number of nitrogens with one attached hydrogen (secondary N) is 1. The van der Waals surface area contributed by atoms with E-state index >= 15 is 0 Å². The van der Waals surface area contributed by atoms with E-state index in [1.807, 2.05) is 0 Å². The molecule has 1 amide bonds. The summed E-state index contributed by atoms with van der Waals surface area (Å²) >= 11 is 0. The number of aromatic hydroxyl groups is 1. The number of imidazole rings is 1. The van der Waals surface area contributed by atoms with E-state index in [0.717, 1.165) is 0 Å². The first kappa shape index (κ1) is 22.1. The summed E-state index contributed by atoms with van der Waals surface area (Å²) in [4.78, 5) is 20.9. The van der Waals surface area contributed by atoms with Crippen molar-refractivity contribution in [3.8, 4) is 11.5 Å². The van der Waals surface area contributed by atoms with Crippen LogP contribution in [0.5, 0.6) is 11.5 Å². The third kappa shape index (κ3) is 4.91. The van der Waals surface area contributed by atoms with E-state index in [9.17, 15) is 20.1 Å². The molecule has 8 N–H and O–H groups in total. The number of nitrogens with zero attached hydrogens (tertiary/aromatic N) is 2. The van der Waals surface area contributed by atoms with Gasteiger partial charge in [-0.25, -0.2) is 4.98 Å². The van der Waals surface area contributed by atoms with Gasteiger partial charge < -0.3 is 45.7 Å². The SMILES string of the molecule is NC(C(=O)N1CC[C@@H](Oc2ccc(CCB(O)O)c(O)c2C(O)O)C1)c1c[nH]cn1. The van der Waals surface area contributed by atoms with Gasteiger partial charge >= 0.3 is 7.12 Å². The molecule has 11 nitrogen and oxygen atoms in total. The van der Waals surface area contributed by atoms with Gasteiger partial charge in [0.2, 0.25) is 5.91 Å². The van der Waals surface area contributed by atoms with Gasteiger partial charge in [-0.2, -0.15) is 0 Å². The number of phenolic OH excluding ortho intramolecular Hbond substituents is 1. The third-order valence-electron chi connectivity index (χ3n) is 5.05. The summed E-state index contributed by atoms with van der Waals surface area (Å²) in [5, 5.41) is 47.8. The zero-order chi connectivity index (χ0) is 21.8. The Balaban J connectivity index is 1.69. The first-order valence-electron chi connectivity index (χ1n) is 9.54. The average molecular weight is 420 g/mol. The molecule has 0 aliphatic carbocycles. The van der Waals surface area contributed by atoms with E-state index < -0.39 is 25.6 Å². The molecule has 2 aromatic rings. The number of aliphatic hydroxyl groups excluding tert-OH is 1. The predicted octanol–water partition coefficient (Wildman–Crippen LogP) is -1.21. The first-order chi connectivity index (χ1) is 14.3. The normalized spacial score (nSPS) is 17.4. The number of carbonyl (C=O) groups excluding carboxylic acids is 1. The van der Waals surface area contributed by atoms with Crippen molar-refractivity contribution in [1.82, 2.24) is 14.9 Å². The van der Waals surface area contributed by atoms with E-state index in [0.29, 0.717) is 24.2 Å². The van der Waals surface area contributed by atoms with Crippen molar-refractivity contribution in [2.75, 3.05) is 13.1 Å². The highest BCUT2D eigenvalue weighted by molar-refractivity contribution is 6.41. The Labute approximate surface area is 172 Å². The summed E-state index contributed by atoms with van der Waals surface area (Å²) in [5.41, 5.74) is 6.51. The van der Waals surface area contributed by atoms with Crippen LogP contribution in [-0.2, 0) is 11.2 Å². The Bertz CT molecular complexity index is 862. The molecule has 1 aromatic carbocycles. The van der Waals surface area contributed by atoms with Crippen molar-refractivity contribution in [3.05, 3.63) is 41.5 Å². The smallest absolute Gasteiger partial charge is 0.451 e. The van der Waals surface area contributed by atoms with E-state index in [1.165, 1.54) is 18.5 Å². The molecule has 0 spiro atoms. The van der Waals surface area contributed by atoms with Crippen molar-refractivity contribution in [2.45, 2.75) is 37.6 Å². The molecule has 162 valence electrons. The Kier molecular flexibility index (Phi) is 6.95. The van der Waals surface area contributed by atoms with Crippen molar-refractivity contribution < 1.29 is 34.9 Å². The number of likely N-dealkylation sites (tertiary alicyclic amines) is 1. The van der Waals surface area contributed by atoms with E-state index in [2.05, 4.69) is 9.97 Å². The van der Waals surface area contributed by atoms with Crippen LogP contribution in [0.4, 0.5) is 0 Å². The lowest BCUT2D eigenvalue weighted by Crippen LogP contribution is -2.38. The molecule has 2 atom stereocenters. The third-order valence-corrected chi connectivity index (χ3v) is 5.05. The number of aryl methyl sites for hydroxylation is 1. The molecule has 2 heterocycles. The van der Waals surface area contributed by atoms with E-state index in [4.69, 9.17) is 20.5 Å². The maximum Gasteiger partial charge on any atom is 0.451 e. The molecular formula is C18H25BN4O7. The Hall–Kier alpha value is -2.64. The molecule has 30 heavy (non-hydrogen) atoms. The molecule has 1 fully saturated rings. The zero-order valence-electron chi connectivity index (χ0n) is 16.2. The minimum atomic E-state index is -1.99. The quantitative estimate of drug-likeness (QED) is 0.203. The molecule has 0 bridgehead atoms. The largest absolute Gasteiger partial charge is 0.507 e. The van der Waals surface area contributed by atoms with Gasteiger partial charge in [0.05, 0.1) is 24.1 Å².